The van der Waals surface area contributed by atoms with Crippen molar-refractivity contribution in [2.45, 2.75) is 0 Å². The number of rotatable bonds is 4. The molecule has 0 bridgehead atoms. The Kier molecular flexibility index (Phi) is 3.70. The molecule has 0 atom stereocenters. The summed E-state index contributed by atoms with van der Waals surface area (Å²) in [4.78, 5) is 22.4. The Morgan fingerprint density at radius 2 is 1.72 bits per heavy atom. The summed E-state index contributed by atoms with van der Waals surface area (Å²) in [6.07, 6.45) is 4.03. The van der Waals surface area contributed by atoms with Crippen molar-refractivity contribution in [2.75, 3.05) is 5.32 Å². The number of amides is 1. The van der Waals surface area contributed by atoms with Crippen molar-refractivity contribution in [3.8, 4) is 22.4 Å². The molecule has 0 aliphatic heterocycles. The fourth-order valence-corrected chi connectivity index (χ4v) is 2.86. The highest BCUT2D eigenvalue weighted by Gasteiger charge is 2.16. The van der Waals surface area contributed by atoms with E-state index in [-0.39, 0.29) is 5.82 Å². The molecule has 1 amide bonds. The number of carbonyl (C=O) groups excluding carboxylic acids is 1. The Hall–Kier alpha value is -3.54. The number of H-pyrrole nitrogens is 1. The maximum Gasteiger partial charge on any atom is 0.212 e. The molecular formula is C19H13FN4O. The van der Waals surface area contributed by atoms with Crippen LogP contribution in [0.2, 0.25) is 0 Å². The maximum absolute atomic E-state index is 13.3. The SMILES string of the molecule is O=CNc1ccc2c(-c3ccncc3)c(-c3ccc(F)cc3)[nH]c2n1. The lowest BCUT2D eigenvalue weighted by Gasteiger charge is -2.05. The summed E-state index contributed by atoms with van der Waals surface area (Å²) in [5, 5.41) is 3.45. The number of hydrogen-bond acceptors (Lipinski definition) is 3. The van der Waals surface area contributed by atoms with Crippen LogP contribution in [0.4, 0.5) is 10.2 Å². The van der Waals surface area contributed by atoms with Crippen LogP contribution in [0.1, 0.15) is 0 Å². The Bertz CT molecular complexity index is 1040. The molecular weight excluding hydrogens is 319 g/mol. The first-order chi connectivity index (χ1) is 12.3. The number of fused-ring (bicyclic) bond motifs is 1. The van der Waals surface area contributed by atoms with Crippen LogP contribution in [-0.2, 0) is 4.79 Å². The van der Waals surface area contributed by atoms with E-state index in [4.69, 9.17) is 0 Å². The van der Waals surface area contributed by atoms with Crippen molar-refractivity contribution in [2.24, 2.45) is 0 Å². The van der Waals surface area contributed by atoms with Crippen molar-refractivity contribution in [3.63, 3.8) is 0 Å². The van der Waals surface area contributed by atoms with Gasteiger partial charge in [0.2, 0.25) is 6.41 Å². The Morgan fingerprint density at radius 1 is 0.960 bits per heavy atom. The number of benzene rings is 1. The average Bonchev–Trinajstić information content (AvgIpc) is 3.02. The molecule has 0 spiro atoms. The molecule has 0 saturated heterocycles. The van der Waals surface area contributed by atoms with Crippen LogP contribution in [0.5, 0.6) is 0 Å². The minimum Gasteiger partial charge on any atom is -0.339 e. The third-order valence-electron chi connectivity index (χ3n) is 3.97. The summed E-state index contributed by atoms with van der Waals surface area (Å²) in [6.45, 7) is 0. The number of halogens is 1. The maximum atomic E-state index is 13.3. The van der Waals surface area contributed by atoms with Crippen LogP contribution in [-0.4, -0.2) is 21.4 Å². The topological polar surface area (TPSA) is 70.7 Å². The Labute approximate surface area is 142 Å². The second-order valence-electron chi connectivity index (χ2n) is 5.47. The molecule has 0 radical (unpaired) electrons. The molecule has 4 rings (SSSR count). The summed E-state index contributed by atoms with van der Waals surface area (Å²) in [5.41, 5.74) is 4.23. The highest BCUT2D eigenvalue weighted by Crippen LogP contribution is 2.37. The monoisotopic (exact) mass is 332 g/mol. The minimum atomic E-state index is -0.291. The van der Waals surface area contributed by atoms with Gasteiger partial charge in [-0.25, -0.2) is 9.37 Å². The van der Waals surface area contributed by atoms with Gasteiger partial charge in [0.15, 0.2) is 0 Å². The van der Waals surface area contributed by atoms with E-state index < -0.39 is 0 Å². The molecule has 0 unspecified atom stereocenters. The Balaban J connectivity index is 1.99. The number of pyridine rings is 2. The van der Waals surface area contributed by atoms with Crippen molar-refractivity contribution in [3.05, 3.63) is 66.7 Å². The largest absolute Gasteiger partial charge is 0.339 e. The molecule has 1 aromatic carbocycles. The minimum absolute atomic E-state index is 0.291. The van der Waals surface area contributed by atoms with Crippen molar-refractivity contribution in [1.29, 1.82) is 0 Å². The van der Waals surface area contributed by atoms with Crippen molar-refractivity contribution >= 4 is 23.3 Å². The second-order valence-corrected chi connectivity index (χ2v) is 5.47. The van der Waals surface area contributed by atoms with Crippen LogP contribution in [0.3, 0.4) is 0 Å². The highest BCUT2D eigenvalue weighted by atomic mass is 19.1. The lowest BCUT2D eigenvalue weighted by Crippen LogP contribution is -1.96. The van der Waals surface area contributed by atoms with Crippen LogP contribution in [0.15, 0.2) is 60.9 Å². The normalized spacial score (nSPS) is 10.8. The van der Waals surface area contributed by atoms with Gasteiger partial charge in [-0.2, -0.15) is 0 Å². The van der Waals surface area contributed by atoms with Crippen LogP contribution in [0, 0.1) is 5.82 Å². The van der Waals surface area contributed by atoms with Gasteiger partial charge in [0.1, 0.15) is 17.3 Å². The van der Waals surface area contributed by atoms with E-state index in [1.165, 1.54) is 12.1 Å². The molecule has 0 aliphatic carbocycles. The highest BCUT2D eigenvalue weighted by molar-refractivity contribution is 6.02. The summed E-state index contributed by atoms with van der Waals surface area (Å²) >= 11 is 0. The fourth-order valence-electron chi connectivity index (χ4n) is 2.86. The van der Waals surface area contributed by atoms with E-state index in [0.29, 0.717) is 17.9 Å². The summed E-state index contributed by atoms with van der Waals surface area (Å²) in [6, 6.07) is 13.7. The number of anilines is 1. The Morgan fingerprint density at radius 3 is 2.44 bits per heavy atom. The third-order valence-corrected chi connectivity index (χ3v) is 3.97. The van der Waals surface area contributed by atoms with E-state index in [2.05, 4.69) is 20.3 Å². The summed E-state index contributed by atoms with van der Waals surface area (Å²) in [5.74, 6) is 0.164. The second kappa shape index (κ2) is 6.16. The first kappa shape index (κ1) is 15.0. The molecule has 3 aromatic heterocycles. The zero-order valence-corrected chi connectivity index (χ0v) is 13.0. The van der Waals surface area contributed by atoms with Gasteiger partial charge in [0, 0.05) is 23.3 Å². The number of nitrogens with zero attached hydrogens (tertiary/aromatic N) is 2. The summed E-state index contributed by atoms with van der Waals surface area (Å²) < 4.78 is 13.3. The van der Waals surface area contributed by atoms with Crippen LogP contribution < -0.4 is 5.32 Å². The van der Waals surface area contributed by atoms with Gasteiger partial charge in [0.25, 0.3) is 0 Å². The standard InChI is InChI=1S/C19H13FN4O/c20-14-3-1-13(2-4-14)18-17(12-7-9-21-10-8-12)15-5-6-16(22-11-25)23-19(15)24-18/h1-11H,(H2,22,23,24,25). The van der Waals surface area contributed by atoms with Gasteiger partial charge in [0.05, 0.1) is 5.69 Å². The lowest BCUT2D eigenvalue weighted by molar-refractivity contribution is -0.105. The zero-order valence-electron chi connectivity index (χ0n) is 13.0. The van der Waals surface area contributed by atoms with Gasteiger partial charge in [-0.3, -0.25) is 9.78 Å². The first-order valence-electron chi connectivity index (χ1n) is 7.65. The number of nitrogens with one attached hydrogen (secondary N) is 2. The number of carbonyl (C=O) groups is 1. The van der Waals surface area contributed by atoms with E-state index in [0.717, 1.165) is 27.8 Å². The molecule has 5 nitrogen and oxygen atoms in total. The molecule has 3 heterocycles. The van der Waals surface area contributed by atoms with Crippen LogP contribution in [0.25, 0.3) is 33.4 Å². The molecule has 0 saturated carbocycles. The fraction of sp³-hybridized carbons (Fsp3) is 0. The zero-order chi connectivity index (χ0) is 17.2. The molecule has 4 aromatic rings. The van der Waals surface area contributed by atoms with E-state index in [1.54, 1.807) is 30.6 Å². The van der Waals surface area contributed by atoms with Gasteiger partial charge in [-0.15, -0.1) is 0 Å². The summed E-state index contributed by atoms with van der Waals surface area (Å²) in [7, 11) is 0. The smallest absolute Gasteiger partial charge is 0.212 e. The molecule has 0 aliphatic rings. The molecule has 6 heteroatoms. The lowest BCUT2D eigenvalue weighted by atomic mass is 10.00. The van der Waals surface area contributed by atoms with Gasteiger partial charge >= 0.3 is 0 Å². The van der Waals surface area contributed by atoms with Gasteiger partial charge in [-0.1, -0.05) is 0 Å². The van der Waals surface area contributed by atoms with Gasteiger partial charge < -0.3 is 10.3 Å². The van der Waals surface area contributed by atoms with E-state index in [9.17, 15) is 9.18 Å². The molecule has 122 valence electrons. The van der Waals surface area contributed by atoms with E-state index in [1.807, 2.05) is 18.2 Å². The predicted octanol–water partition coefficient (Wildman–Crippen LogP) is 4.00. The van der Waals surface area contributed by atoms with E-state index >= 15 is 0 Å². The van der Waals surface area contributed by atoms with Crippen LogP contribution >= 0.6 is 0 Å². The number of hydrogen-bond donors (Lipinski definition) is 2. The average molecular weight is 332 g/mol. The van der Waals surface area contributed by atoms with Crippen molar-refractivity contribution in [1.82, 2.24) is 15.0 Å². The number of aromatic amines is 1. The van der Waals surface area contributed by atoms with Gasteiger partial charge in [-0.05, 0) is 59.7 Å². The molecule has 2 N–H and O–H groups in total. The number of aromatic nitrogens is 3. The predicted molar refractivity (Wildman–Crippen MR) is 94.4 cm³/mol. The third kappa shape index (κ3) is 2.74. The molecule has 25 heavy (non-hydrogen) atoms. The van der Waals surface area contributed by atoms with Crippen molar-refractivity contribution < 1.29 is 9.18 Å². The first-order valence-corrected chi connectivity index (χ1v) is 7.65. The molecule has 0 fully saturated rings. The quantitative estimate of drug-likeness (QED) is 0.555.